The summed E-state index contributed by atoms with van der Waals surface area (Å²) in [6.07, 6.45) is 20.9. The van der Waals surface area contributed by atoms with Gasteiger partial charge in [0.2, 0.25) is 5.91 Å². The highest BCUT2D eigenvalue weighted by molar-refractivity contribution is 8.13. The lowest BCUT2D eigenvalue weighted by Gasteiger charge is -2.31. The third kappa shape index (κ3) is 16.2. The van der Waals surface area contributed by atoms with Crippen molar-refractivity contribution in [3.8, 4) is 12.3 Å². The van der Waals surface area contributed by atoms with E-state index in [2.05, 4.69) is 33.1 Å². The quantitative estimate of drug-likeness (QED) is 0.0317. The van der Waals surface area contributed by atoms with Gasteiger partial charge in [-0.25, -0.2) is 9.78 Å². The lowest BCUT2D eigenvalue weighted by molar-refractivity contribution is -0.145. The molecule has 0 radical (unpaired) electrons. The second kappa shape index (κ2) is 25.8. The maximum atomic E-state index is 14.5. The number of aliphatic hydroxyl groups is 1. The summed E-state index contributed by atoms with van der Waals surface area (Å²) in [7, 11) is 1.25. The van der Waals surface area contributed by atoms with E-state index in [0.717, 1.165) is 31.0 Å². The van der Waals surface area contributed by atoms with Gasteiger partial charge in [0.1, 0.15) is 19.3 Å². The molecular formula is C42H58FN5O8S. The fourth-order valence-electron chi connectivity index (χ4n) is 6.22. The molecule has 1 aromatic carbocycles. The molecule has 15 heteroatoms. The second-order valence-electron chi connectivity index (χ2n) is 14.0. The largest absolute Gasteiger partial charge is 0.461 e. The SMILES string of the molecule is C#CC(COC(=O)c1ccccc1COC(=O)CCCCCCCCCCCCCCC)(OC)[C@@H](O)Cn1cnc2c(NC(=O)CCCSC(C)=O)nc(F)nc21. The highest BCUT2D eigenvalue weighted by atomic mass is 32.2. The Morgan fingerprint density at radius 3 is 2.23 bits per heavy atom. The van der Waals surface area contributed by atoms with Crippen molar-refractivity contribution in [1.82, 2.24) is 19.5 Å². The van der Waals surface area contributed by atoms with Crippen molar-refractivity contribution in [2.45, 2.75) is 141 Å². The van der Waals surface area contributed by atoms with Crippen LogP contribution in [0.5, 0.6) is 0 Å². The molecule has 2 atom stereocenters. The van der Waals surface area contributed by atoms with Crippen molar-refractivity contribution in [3.63, 3.8) is 0 Å². The fourth-order valence-corrected chi connectivity index (χ4v) is 6.79. The molecule has 57 heavy (non-hydrogen) atoms. The molecule has 3 rings (SSSR count). The number of benzene rings is 1. The number of anilines is 1. The fraction of sp³-hybridized carbons (Fsp3) is 0.595. The monoisotopic (exact) mass is 811 g/mol. The van der Waals surface area contributed by atoms with Gasteiger partial charge >= 0.3 is 18.0 Å². The Hall–Kier alpha value is -4.39. The number of methoxy groups -OCH3 is 1. The van der Waals surface area contributed by atoms with Crippen LogP contribution in [0, 0.1) is 18.4 Å². The van der Waals surface area contributed by atoms with E-state index < -0.39 is 36.3 Å². The number of nitrogens with zero attached hydrogens (tertiary/aromatic N) is 4. The highest BCUT2D eigenvalue weighted by Crippen LogP contribution is 2.24. The van der Waals surface area contributed by atoms with Gasteiger partial charge < -0.3 is 29.2 Å². The molecule has 0 fully saturated rings. The molecule has 312 valence electrons. The molecule has 0 bridgehead atoms. The molecular weight excluding hydrogens is 754 g/mol. The van der Waals surface area contributed by atoms with E-state index >= 15 is 0 Å². The number of fused-ring (bicyclic) bond motifs is 1. The van der Waals surface area contributed by atoms with Gasteiger partial charge in [-0.3, -0.25) is 14.4 Å². The number of thioether (sulfide) groups is 1. The topological polar surface area (TPSA) is 172 Å². The van der Waals surface area contributed by atoms with Gasteiger partial charge in [0.15, 0.2) is 27.7 Å². The molecule has 2 N–H and O–H groups in total. The summed E-state index contributed by atoms with van der Waals surface area (Å²) in [5.41, 5.74) is -1.23. The summed E-state index contributed by atoms with van der Waals surface area (Å²) >= 11 is 1.10. The zero-order chi connectivity index (χ0) is 41.5. The van der Waals surface area contributed by atoms with Crippen LogP contribution in [0.15, 0.2) is 30.6 Å². The summed E-state index contributed by atoms with van der Waals surface area (Å²) in [4.78, 5) is 61.1. The van der Waals surface area contributed by atoms with Crippen molar-refractivity contribution >= 4 is 51.7 Å². The molecule has 1 amide bonds. The van der Waals surface area contributed by atoms with E-state index in [0.29, 0.717) is 24.2 Å². The third-order valence-corrected chi connectivity index (χ3v) is 10.5. The maximum Gasteiger partial charge on any atom is 0.338 e. The van der Waals surface area contributed by atoms with Crippen LogP contribution in [-0.4, -0.2) is 78.8 Å². The molecule has 0 saturated carbocycles. The summed E-state index contributed by atoms with van der Waals surface area (Å²) in [6.45, 7) is 2.68. The van der Waals surface area contributed by atoms with E-state index in [-0.39, 0.29) is 53.2 Å². The molecule has 3 aromatic rings. The molecule has 0 spiro atoms. The number of ether oxygens (including phenoxy) is 3. The van der Waals surface area contributed by atoms with Gasteiger partial charge in [0.25, 0.3) is 0 Å². The number of halogens is 1. The van der Waals surface area contributed by atoms with Gasteiger partial charge in [-0.05, 0) is 18.9 Å². The van der Waals surface area contributed by atoms with Gasteiger partial charge in [-0.2, -0.15) is 14.4 Å². The molecule has 0 aliphatic rings. The lowest BCUT2D eigenvalue weighted by Crippen LogP contribution is -2.49. The highest BCUT2D eigenvalue weighted by Gasteiger charge is 2.39. The first kappa shape index (κ1) is 47.0. The van der Waals surface area contributed by atoms with Crippen LogP contribution in [0.2, 0.25) is 0 Å². The predicted molar refractivity (Wildman–Crippen MR) is 218 cm³/mol. The van der Waals surface area contributed by atoms with Crippen molar-refractivity contribution in [3.05, 3.63) is 47.8 Å². The molecule has 13 nitrogen and oxygen atoms in total. The first-order valence-electron chi connectivity index (χ1n) is 20.0. The number of rotatable bonds is 28. The summed E-state index contributed by atoms with van der Waals surface area (Å²) in [5, 5.41) is 13.8. The Morgan fingerprint density at radius 1 is 0.947 bits per heavy atom. The number of hydrogen-bond donors (Lipinski definition) is 2. The number of terminal acetylenes is 1. The number of imidazole rings is 1. The normalized spacial score (nSPS) is 12.8. The van der Waals surface area contributed by atoms with Crippen LogP contribution >= 0.6 is 11.8 Å². The Morgan fingerprint density at radius 2 is 1.60 bits per heavy atom. The minimum atomic E-state index is -1.85. The first-order valence-corrected chi connectivity index (χ1v) is 20.9. The van der Waals surface area contributed by atoms with E-state index in [9.17, 15) is 28.7 Å². The Bertz CT molecular complexity index is 1780. The molecule has 2 heterocycles. The number of aliphatic hydroxyl groups excluding tert-OH is 1. The Labute approximate surface area is 339 Å². The van der Waals surface area contributed by atoms with Crippen LogP contribution < -0.4 is 5.32 Å². The molecule has 0 aliphatic carbocycles. The average Bonchev–Trinajstić information content (AvgIpc) is 3.60. The van der Waals surface area contributed by atoms with Gasteiger partial charge in [-0.1, -0.05) is 120 Å². The van der Waals surface area contributed by atoms with Crippen molar-refractivity contribution in [1.29, 1.82) is 0 Å². The number of aromatic nitrogens is 4. The van der Waals surface area contributed by atoms with Gasteiger partial charge in [0.05, 0.1) is 18.4 Å². The zero-order valence-corrected chi connectivity index (χ0v) is 34.4. The second-order valence-corrected chi connectivity index (χ2v) is 15.3. The predicted octanol–water partition coefficient (Wildman–Crippen LogP) is 7.72. The zero-order valence-electron chi connectivity index (χ0n) is 33.6. The number of amides is 1. The number of carbonyl (C=O) groups is 4. The van der Waals surface area contributed by atoms with E-state index in [1.165, 1.54) is 95.2 Å². The van der Waals surface area contributed by atoms with E-state index in [1.807, 2.05) is 0 Å². The number of esters is 2. The van der Waals surface area contributed by atoms with Crippen LogP contribution in [0.3, 0.4) is 0 Å². The lowest BCUT2D eigenvalue weighted by atomic mass is 9.98. The Kier molecular flexibility index (Phi) is 21.3. The minimum absolute atomic E-state index is 0.0411. The smallest absolute Gasteiger partial charge is 0.338 e. The van der Waals surface area contributed by atoms with Crippen LogP contribution in [-0.2, 0) is 41.7 Å². The van der Waals surface area contributed by atoms with Gasteiger partial charge in [0, 0.05) is 38.2 Å². The maximum absolute atomic E-state index is 14.5. The molecule has 0 aliphatic heterocycles. The minimum Gasteiger partial charge on any atom is -0.461 e. The van der Waals surface area contributed by atoms with E-state index in [1.54, 1.807) is 18.2 Å². The number of carbonyl (C=O) groups excluding carboxylic acids is 4. The van der Waals surface area contributed by atoms with Crippen molar-refractivity contribution < 1.29 is 42.9 Å². The summed E-state index contributed by atoms with van der Waals surface area (Å²) in [6, 6.07) is 6.55. The van der Waals surface area contributed by atoms with Crippen LogP contribution in [0.1, 0.15) is 133 Å². The number of nitrogens with one attached hydrogen (secondary N) is 1. The Balaban J connectivity index is 1.49. The molecule has 2 aromatic heterocycles. The number of unbranched alkanes of at least 4 members (excludes halogenated alkanes) is 12. The van der Waals surface area contributed by atoms with Crippen molar-refractivity contribution in [2.24, 2.45) is 0 Å². The standard InChI is InChI=1S/C42H58FN5O8S/c1-5-7-8-9-10-11-12-13-14-15-16-17-18-25-36(52)55-28-32-22-19-20-23-33(32)40(53)56-29-42(6-2,54-4)34(50)27-48-30-44-37-38(46-41(43)47-39(37)48)45-35(51)24-21-26-57-31(3)49/h2,19-20,22-23,30,34,50H,5,7-18,21,24-29H2,1,3-4H3,(H,45,46,47,51)/t34-,42?/m0/s1. The van der Waals surface area contributed by atoms with Gasteiger partial charge in [-0.15, -0.1) is 6.42 Å². The van der Waals surface area contributed by atoms with E-state index in [4.69, 9.17) is 20.6 Å². The van der Waals surface area contributed by atoms with Crippen LogP contribution in [0.25, 0.3) is 11.2 Å². The first-order chi connectivity index (χ1) is 27.5. The average molecular weight is 812 g/mol. The summed E-state index contributed by atoms with van der Waals surface area (Å²) < 4.78 is 32.4. The van der Waals surface area contributed by atoms with Crippen LogP contribution in [0.4, 0.5) is 10.2 Å². The molecule has 1 unspecified atom stereocenters. The van der Waals surface area contributed by atoms with Crippen molar-refractivity contribution in [2.75, 3.05) is 24.8 Å². The number of hydrogen-bond acceptors (Lipinski definition) is 12. The molecule has 0 saturated heterocycles. The summed E-state index contributed by atoms with van der Waals surface area (Å²) in [5.74, 6) is 1.10. The third-order valence-electron chi connectivity index (χ3n) is 9.59.